The van der Waals surface area contributed by atoms with E-state index in [1.807, 2.05) is 39.5 Å². The number of thiocarbonyl (C=S) groups is 1. The summed E-state index contributed by atoms with van der Waals surface area (Å²) in [5, 5.41) is 0. The van der Waals surface area contributed by atoms with Gasteiger partial charge in [-0.1, -0.05) is 30.9 Å². The van der Waals surface area contributed by atoms with E-state index in [9.17, 15) is 4.57 Å². The molecule has 0 aromatic rings. The van der Waals surface area contributed by atoms with Crippen molar-refractivity contribution >= 4 is 35.9 Å². The number of rotatable bonds is 7. The van der Waals surface area contributed by atoms with E-state index in [2.05, 4.69) is 0 Å². The highest BCUT2D eigenvalue weighted by atomic mass is 32.2. The Morgan fingerprint density at radius 2 is 1.84 bits per heavy atom. The third-order valence-corrected chi connectivity index (χ3v) is 6.86. The number of nitrogens with zero attached hydrogens (tertiary/aromatic N) is 1. The summed E-state index contributed by atoms with van der Waals surface area (Å²) in [6.45, 7) is 10.3. The molecular weight excluding hydrogens is 301 g/mol. The molecule has 1 atom stereocenters. The smallest absolute Gasteiger partial charge is 0.342 e. The quantitative estimate of drug-likeness (QED) is 0.518. The van der Waals surface area contributed by atoms with Gasteiger partial charge in [0.05, 0.1) is 12.2 Å². The normalized spacial score (nSPS) is 18.7. The van der Waals surface area contributed by atoms with Crippen LogP contribution in [0.15, 0.2) is 0 Å². The lowest BCUT2D eigenvalue weighted by Crippen LogP contribution is -2.36. The second-order valence-corrected chi connectivity index (χ2v) is 8.87. The Kier molecular flexibility index (Phi) is 6.81. The van der Waals surface area contributed by atoms with Crippen LogP contribution in [-0.2, 0) is 13.6 Å². The molecule has 0 N–H and O–H groups in total. The van der Waals surface area contributed by atoms with Gasteiger partial charge in [0.25, 0.3) is 0 Å². The van der Waals surface area contributed by atoms with Crippen LogP contribution >= 0.6 is 31.6 Å². The summed E-state index contributed by atoms with van der Waals surface area (Å²) in [6.07, 6.45) is 0.419. The summed E-state index contributed by atoms with van der Waals surface area (Å²) >= 11 is 6.96. The molecule has 1 unspecified atom stereocenters. The topological polar surface area (TPSA) is 38.8 Å². The van der Waals surface area contributed by atoms with Gasteiger partial charge in [-0.2, -0.15) is 0 Å². The van der Waals surface area contributed by atoms with Gasteiger partial charge in [-0.05, 0) is 34.1 Å². The Bertz CT molecular complexity index is 349. The standard InChI is InChI=1S/C12H24NO3PS2/c1-6-11(13-7-8-19-12(13)18)17(14,15-9(2)3)16-10(4)5/h9-11H,6-8H2,1-5H3. The Labute approximate surface area is 126 Å². The maximum atomic E-state index is 13.1. The Morgan fingerprint density at radius 3 is 2.16 bits per heavy atom. The molecule has 0 aromatic heterocycles. The fourth-order valence-electron chi connectivity index (χ4n) is 2.04. The number of hydrogen-bond donors (Lipinski definition) is 0. The van der Waals surface area contributed by atoms with Crippen LogP contribution in [0.2, 0.25) is 0 Å². The van der Waals surface area contributed by atoms with Crippen molar-refractivity contribution in [2.75, 3.05) is 12.3 Å². The van der Waals surface area contributed by atoms with Gasteiger partial charge in [-0.15, -0.1) is 0 Å². The minimum atomic E-state index is -3.20. The first-order valence-electron chi connectivity index (χ1n) is 6.70. The SMILES string of the molecule is CCC(N1CCSC1=S)P(=O)(OC(C)C)OC(C)C. The molecule has 1 aliphatic heterocycles. The molecule has 0 bridgehead atoms. The van der Waals surface area contributed by atoms with Crippen LogP contribution in [0.1, 0.15) is 41.0 Å². The first-order chi connectivity index (χ1) is 8.80. The Morgan fingerprint density at radius 1 is 1.32 bits per heavy atom. The average Bonchev–Trinajstić information content (AvgIpc) is 2.63. The predicted molar refractivity (Wildman–Crippen MR) is 85.9 cm³/mol. The first-order valence-corrected chi connectivity index (χ1v) is 9.70. The van der Waals surface area contributed by atoms with Crippen molar-refractivity contribution < 1.29 is 13.6 Å². The third-order valence-electron chi connectivity index (χ3n) is 2.60. The van der Waals surface area contributed by atoms with Crippen molar-refractivity contribution in [2.45, 2.75) is 59.0 Å². The highest BCUT2D eigenvalue weighted by Gasteiger charge is 2.42. The van der Waals surface area contributed by atoms with Crippen molar-refractivity contribution in [1.29, 1.82) is 0 Å². The molecule has 7 heteroatoms. The van der Waals surface area contributed by atoms with E-state index in [0.717, 1.165) is 16.6 Å². The molecular formula is C12H24NO3PS2. The van der Waals surface area contributed by atoms with Gasteiger partial charge in [0, 0.05) is 12.3 Å². The molecule has 19 heavy (non-hydrogen) atoms. The number of hydrogen-bond acceptors (Lipinski definition) is 5. The molecule has 4 nitrogen and oxygen atoms in total. The van der Waals surface area contributed by atoms with Crippen LogP contribution in [0.25, 0.3) is 0 Å². The average molecular weight is 325 g/mol. The maximum absolute atomic E-state index is 13.1. The van der Waals surface area contributed by atoms with Crippen molar-refractivity contribution in [3.05, 3.63) is 0 Å². The third kappa shape index (κ3) is 4.71. The van der Waals surface area contributed by atoms with Crippen molar-refractivity contribution in [1.82, 2.24) is 4.90 Å². The molecule has 0 aromatic carbocycles. The van der Waals surface area contributed by atoms with E-state index >= 15 is 0 Å². The van der Waals surface area contributed by atoms with Gasteiger partial charge in [0.15, 0.2) is 0 Å². The van der Waals surface area contributed by atoms with Gasteiger partial charge in [0.1, 0.15) is 10.1 Å². The fraction of sp³-hybridized carbons (Fsp3) is 0.917. The Hall–Kier alpha value is 0.390. The van der Waals surface area contributed by atoms with Gasteiger partial charge < -0.3 is 13.9 Å². The molecule has 1 heterocycles. The minimum absolute atomic E-state index is 0.137. The van der Waals surface area contributed by atoms with Crippen molar-refractivity contribution in [3.8, 4) is 0 Å². The van der Waals surface area contributed by atoms with E-state index < -0.39 is 7.60 Å². The second kappa shape index (κ2) is 7.41. The summed E-state index contributed by atoms with van der Waals surface area (Å²) in [7, 11) is -3.20. The van der Waals surface area contributed by atoms with Crippen LogP contribution < -0.4 is 0 Å². The van der Waals surface area contributed by atoms with E-state index in [1.54, 1.807) is 11.8 Å². The van der Waals surface area contributed by atoms with Crippen LogP contribution in [0.3, 0.4) is 0 Å². The zero-order chi connectivity index (χ0) is 14.6. The zero-order valence-corrected chi connectivity index (χ0v) is 14.8. The molecule has 0 saturated carbocycles. The predicted octanol–water partition coefficient (Wildman–Crippen LogP) is 4.10. The van der Waals surface area contributed by atoms with Crippen LogP contribution in [0, 0.1) is 0 Å². The monoisotopic (exact) mass is 325 g/mol. The molecule has 112 valence electrons. The van der Waals surface area contributed by atoms with Gasteiger partial charge in [-0.25, -0.2) is 0 Å². The summed E-state index contributed by atoms with van der Waals surface area (Å²) in [5.74, 6) is 0.665. The highest BCUT2D eigenvalue weighted by molar-refractivity contribution is 8.23. The van der Waals surface area contributed by atoms with Crippen molar-refractivity contribution in [2.24, 2.45) is 0 Å². The molecule has 0 radical (unpaired) electrons. The largest absolute Gasteiger partial charge is 0.353 e. The van der Waals surface area contributed by atoms with Crippen LogP contribution in [0.4, 0.5) is 0 Å². The first kappa shape index (κ1) is 17.4. The lowest BCUT2D eigenvalue weighted by Gasteiger charge is -2.35. The van der Waals surface area contributed by atoms with Crippen molar-refractivity contribution in [3.63, 3.8) is 0 Å². The van der Waals surface area contributed by atoms with E-state index in [-0.39, 0.29) is 18.0 Å². The molecule has 0 amide bonds. The van der Waals surface area contributed by atoms with Gasteiger partial charge in [0.2, 0.25) is 0 Å². The summed E-state index contributed by atoms with van der Waals surface area (Å²) in [5.41, 5.74) is 0. The second-order valence-electron chi connectivity index (χ2n) is 5.04. The van der Waals surface area contributed by atoms with Gasteiger partial charge >= 0.3 is 7.60 Å². The zero-order valence-electron chi connectivity index (χ0n) is 12.3. The minimum Gasteiger partial charge on any atom is -0.342 e. The molecule has 1 fully saturated rings. The van der Waals surface area contributed by atoms with E-state index in [1.165, 1.54) is 0 Å². The van der Waals surface area contributed by atoms with E-state index in [4.69, 9.17) is 21.3 Å². The highest BCUT2D eigenvalue weighted by Crippen LogP contribution is 2.58. The Balaban J connectivity index is 2.98. The lowest BCUT2D eigenvalue weighted by atomic mass is 10.4. The molecule has 0 aliphatic carbocycles. The summed E-state index contributed by atoms with van der Waals surface area (Å²) in [6, 6.07) is 0. The molecule has 1 aliphatic rings. The summed E-state index contributed by atoms with van der Waals surface area (Å²) in [4.78, 5) is 2.01. The maximum Gasteiger partial charge on any atom is 0.353 e. The number of thioether (sulfide) groups is 1. The molecule has 1 saturated heterocycles. The summed E-state index contributed by atoms with van der Waals surface area (Å²) < 4.78 is 25.3. The van der Waals surface area contributed by atoms with Crippen LogP contribution in [0.5, 0.6) is 0 Å². The lowest BCUT2D eigenvalue weighted by molar-refractivity contribution is 0.125. The molecule has 1 rings (SSSR count). The fourth-order valence-corrected chi connectivity index (χ4v) is 6.04. The van der Waals surface area contributed by atoms with Gasteiger partial charge in [-0.3, -0.25) is 4.57 Å². The molecule has 0 spiro atoms. The van der Waals surface area contributed by atoms with Crippen LogP contribution in [-0.4, -0.2) is 39.5 Å². The van der Waals surface area contributed by atoms with E-state index in [0.29, 0.717) is 6.42 Å².